The molecule has 0 bridgehead atoms. The molecule has 0 amide bonds. The summed E-state index contributed by atoms with van der Waals surface area (Å²) in [6.45, 7) is 8.20. The zero-order valence-corrected chi connectivity index (χ0v) is 7.78. The normalized spacial score (nSPS) is 12.3. The molecule has 0 N–H and O–H groups in total. The molecule has 52 valence electrons. The van der Waals surface area contributed by atoms with E-state index in [1.165, 1.54) is 0 Å². The lowest BCUT2D eigenvalue weighted by molar-refractivity contribution is 1.73. The summed E-state index contributed by atoms with van der Waals surface area (Å²) in [4.78, 5) is 0. The Morgan fingerprint density at radius 2 is 2.11 bits per heavy atom. The van der Waals surface area contributed by atoms with Crippen LogP contribution in [-0.4, -0.2) is 14.0 Å². The molecule has 0 spiro atoms. The van der Waals surface area contributed by atoms with E-state index in [1.807, 2.05) is 11.8 Å². The lowest BCUT2D eigenvalue weighted by atomic mass is 10.8. The fourth-order valence-corrected chi connectivity index (χ4v) is 1.52. The van der Waals surface area contributed by atoms with Crippen molar-refractivity contribution in [1.82, 2.24) is 0 Å². The molecular weight excluding hydrogens is 148 g/mol. The molecule has 0 nitrogen and oxygen atoms in total. The quantitative estimate of drug-likeness (QED) is 0.440. The van der Waals surface area contributed by atoms with Gasteiger partial charge < -0.3 is 0 Å². The minimum absolute atomic E-state index is 0.615. The Morgan fingerprint density at radius 3 is 2.44 bits per heavy atom. The Balaban J connectivity index is 3.84. The molecular formula is C7H13ClSi. The maximum Gasteiger partial charge on any atom is 0.0945 e. The molecule has 0 aromatic heterocycles. The Bertz CT molecular complexity index is 116. The monoisotopic (exact) mass is 160 g/mol. The molecule has 0 fully saturated rings. The minimum Gasteiger partial charge on any atom is -0.122 e. The summed E-state index contributed by atoms with van der Waals surface area (Å²) in [6.07, 6.45) is 2.00. The van der Waals surface area contributed by atoms with Crippen LogP contribution in [0.3, 0.4) is 0 Å². The Morgan fingerprint density at radius 1 is 1.56 bits per heavy atom. The first-order valence-corrected chi connectivity index (χ1v) is 6.68. The van der Waals surface area contributed by atoms with E-state index in [0.29, 0.717) is 5.88 Å². The van der Waals surface area contributed by atoms with Crippen molar-refractivity contribution in [3.05, 3.63) is 24.1 Å². The maximum atomic E-state index is 5.47. The van der Waals surface area contributed by atoms with Gasteiger partial charge in [-0.05, 0) is 0 Å². The highest BCUT2D eigenvalue weighted by molar-refractivity contribution is 6.86. The highest BCUT2D eigenvalue weighted by Gasteiger charge is 2.08. The highest BCUT2D eigenvalue weighted by atomic mass is 35.5. The molecule has 0 aromatic rings. The van der Waals surface area contributed by atoms with Crippen LogP contribution in [0, 0.1) is 0 Å². The number of hydrogen-bond donors (Lipinski definition) is 0. The van der Waals surface area contributed by atoms with E-state index in [2.05, 4.69) is 25.4 Å². The maximum absolute atomic E-state index is 5.47. The molecule has 0 atom stereocenters. The van der Waals surface area contributed by atoms with Gasteiger partial charge in [-0.2, -0.15) is 0 Å². The van der Waals surface area contributed by atoms with Crippen LogP contribution >= 0.6 is 11.6 Å². The van der Waals surface area contributed by atoms with Crippen LogP contribution in [0.25, 0.3) is 0 Å². The topological polar surface area (TPSA) is 0 Å². The van der Waals surface area contributed by atoms with Gasteiger partial charge in [0.05, 0.1) is 8.07 Å². The molecule has 0 saturated carbocycles. The number of alkyl halides is 1. The number of allylic oxidation sites excluding steroid dienone is 1. The van der Waals surface area contributed by atoms with E-state index >= 15 is 0 Å². The molecule has 0 heterocycles. The molecule has 0 radical (unpaired) electrons. The van der Waals surface area contributed by atoms with E-state index < -0.39 is 8.07 Å². The van der Waals surface area contributed by atoms with E-state index in [1.54, 1.807) is 0 Å². The zero-order chi connectivity index (χ0) is 7.33. The summed E-state index contributed by atoms with van der Waals surface area (Å²) in [7, 11) is -1.20. The molecule has 0 saturated heterocycles. The van der Waals surface area contributed by atoms with Crippen molar-refractivity contribution in [1.29, 1.82) is 0 Å². The van der Waals surface area contributed by atoms with Crippen LogP contribution in [0.4, 0.5) is 0 Å². The van der Waals surface area contributed by atoms with Gasteiger partial charge in [0, 0.05) is 5.88 Å². The second kappa shape index (κ2) is 3.91. The van der Waals surface area contributed by atoms with Gasteiger partial charge in [-0.25, -0.2) is 0 Å². The zero-order valence-electron chi connectivity index (χ0n) is 6.02. The van der Waals surface area contributed by atoms with E-state index in [9.17, 15) is 0 Å². The van der Waals surface area contributed by atoms with Crippen molar-refractivity contribution in [3.63, 3.8) is 0 Å². The number of hydrogen-bond acceptors (Lipinski definition) is 0. The lowest BCUT2D eigenvalue weighted by Crippen LogP contribution is -2.18. The van der Waals surface area contributed by atoms with Crippen LogP contribution < -0.4 is 0 Å². The van der Waals surface area contributed by atoms with Gasteiger partial charge in [0.25, 0.3) is 0 Å². The minimum atomic E-state index is -1.20. The lowest BCUT2D eigenvalue weighted by Gasteiger charge is -2.08. The van der Waals surface area contributed by atoms with Gasteiger partial charge in [-0.3, -0.25) is 0 Å². The van der Waals surface area contributed by atoms with Gasteiger partial charge in [0.2, 0.25) is 0 Å². The van der Waals surface area contributed by atoms with Crippen LogP contribution in [0.2, 0.25) is 13.1 Å². The second-order valence-corrected chi connectivity index (χ2v) is 7.28. The number of halogens is 1. The van der Waals surface area contributed by atoms with Crippen LogP contribution in [0.5, 0.6) is 0 Å². The summed E-state index contributed by atoms with van der Waals surface area (Å²) in [5.41, 5.74) is 4.23. The molecule has 0 aliphatic carbocycles. The summed E-state index contributed by atoms with van der Waals surface area (Å²) in [5, 5.41) is 0. The fraction of sp³-hybridized carbons (Fsp3) is 0.429. The van der Waals surface area contributed by atoms with Gasteiger partial charge in [0.15, 0.2) is 0 Å². The molecule has 0 rings (SSSR count). The molecule has 9 heavy (non-hydrogen) atoms. The number of rotatable bonds is 3. The Labute approximate surface area is 63.2 Å². The van der Waals surface area contributed by atoms with Crippen LogP contribution in [0.15, 0.2) is 24.1 Å². The molecule has 0 aliphatic heterocycles. The van der Waals surface area contributed by atoms with Crippen molar-refractivity contribution >= 4 is 19.7 Å². The van der Waals surface area contributed by atoms with E-state index in [-0.39, 0.29) is 0 Å². The van der Waals surface area contributed by atoms with Gasteiger partial charge >= 0.3 is 0 Å². The van der Waals surface area contributed by atoms with Gasteiger partial charge in [-0.1, -0.05) is 30.6 Å². The molecule has 0 unspecified atom stereocenters. The summed E-state index contributed by atoms with van der Waals surface area (Å²) in [6, 6.07) is 0. The molecule has 0 aromatic carbocycles. The van der Waals surface area contributed by atoms with Crippen molar-refractivity contribution in [2.45, 2.75) is 13.1 Å². The van der Waals surface area contributed by atoms with Crippen molar-refractivity contribution in [2.24, 2.45) is 0 Å². The Kier molecular flexibility index (Phi) is 3.90. The first kappa shape index (κ1) is 8.99. The average molecular weight is 161 g/mol. The van der Waals surface area contributed by atoms with E-state index in [0.717, 1.165) is 0 Å². The SMILES string of the molecule is C=C[Si](C)(C)/C=C/CCl. The van der Waals surface area contributed by atoms with Gasteiger partial charge in [0.1, 0.15) is 0 Å². The molecule has 2 heteroatoms. The summed E-state index contributed by atoms with van der Waals surface area (Å²) in [5.74, 6) is 0.615. The van der Waals surface area contributed by atoms with Gasteiger partial charge in [-0.15, -0.1) is 18.2 Å². The summed E-state index contributed by atoms with van der Waals surface area (Å²) >= 11 is 5.47. The molecule has 0 aliphatic rings. The largest absolute Gasteiger partial charge is 0.122 e. The second-order valence-electron chi connectivity index (χ2n) is 2.58. The Hall–Kier alpha value is -0.0131. The smallest absolute Gasteiger partial charge is 0.0945 e. The van der Waals surface area contributed by atoms with Crippen molar-refractivity contribution in [2.75, 3.05) is 5.88 Å². The predicted molar refractivity (Wildman–Crippen MR) is 47.5 cm³/mol. The first-order valence-electron chi connectivity index (χ1n) is 2.99. The predicted octanol–water partition coefficient (Wildman–Crippen LogP) is 2.75. The van der Waals surface area contributed by atoms with Crippen molar-refractivity contribution in [3.8, 4) is 0 Å². The third-order valence-electron chi connectivity index (χ3n) is 1.16. The fourth-order valence-electron chi connectivity index (χ4n) is 0.416. The first-order chi connectivity index (χ1) is 4.12. The highest BCUT2D eigenvalue weighted by Crippen LogP contribution is 2.03. The summed E-state index contributed by atoms with van der Waals surface area (Å²) < 4.78 is 0. The average Bonchev–Trinajstić information content (AvgIpc) is 1.84. The van der Waals surface area contributed by atoms with Crippen molar-refractivity contribution < 1.29 is 0 Å². The van der Waals surface area contributed by atoms with Crippen LogP contribution in [-0.2, 0) is 0 Å². The third kappa shape index (κ3) is 4.49. The van der Waals surface area contributed by atoms with Crippen LogP contribution in [0.1, 0.15) is 0 Å². The third-order valence-corrected chi connectivity index (χ3v) is 3.49. The standard InChI is InChI=1S/C7H13ClSi/c1-4-9(2,3)7-5-6-8/h4-5,7H,1,6H2,2-3H3/b7-5+. The van der Waals surface area contributed by atoms with E-state index in [4.69, 9.17) is 11.6 Å².